The summed E-state index contributed by atoms with van der Waals surface area (Å²) in [6, 6.07) is 11.4. The summed E-state index contributed by atoms with van der Waals surface area (Å²) in [7, 11) is 0. The van der Waals surface area contributed by atoms with E-state index in [2.05, 4.69) is 16.6 Å². The molecule has 0 saturated heterocycles. The Bertz CT molecular complexity index is 690. The molecule has 21 heavy (non-hydrogen) atoms. The molecule has 4 heteroatoms. The number of hydrogen-bond acceptors (Lipinski definition) is 2. The van der Waals surface area contributed by atoms with Gasteiger partial charge in [-0.3, -0.25) is 4.79 Å². The van der Waals surface area contributed by atoms with Crippen molar-refractivity contribution < 1.29 is 9.18 Å². The van der Waals surface area contributed by atoms with Crippen molar-refractivity contribution in [2.75, 3.05) is 0 Å². The highest BCUT2D eigenvalue weighted by Crippen LogP contribution is 2.11. The third kappa shape index (κ3) is 3.75. The molecule has 0 aliphatic carbocycles. The molecule has 0 bridgehead atoms. The first-order chi connectivity index (χ1) is 9.97. The van der Waals surface area contributed by atoms with Crippen molar-refractivity contribution in [1.82, 2.24) is 5.43 Å². The van der Waals surface area contributed by atoms with E-state index < -0.39 is 0 Å². The number of aryl methyl sites for hydroxylation is 2. The lowest BCUT2D eigenvalue weighted by molar-refractivity contribution is 0.0955. The first kappa shape index (κ1) is 14.9. The van der Waals surface area contributed by atoms with Crippen molar-refractivity contribution in [3.8, 4) is 0 Å². The first-order valence-electron chi connectivity index (χ1n) is 6.65. The van der Waals surface area contributed by atoms with Gasteiger partial charge in [0.2, 0.25) is 0 Å². The van der Waals surface area contributed by atoms with Gasteiger partial charge in [-0.25, -0.2) is 9.82 Å². The Morgan fingerprint density at radius 2 is 1.76 bits per heavy atom. The second-order valence-corrected chi connectivity index (χ2v) is 4.96. The van der Waals surface area contributed by atoms with E-state index in [0.717, 1.165) is 16.8 Å². The minimum absolute atomic E-state index is 0.362. The van der Waals surface area contributed by atoms with E-state index in [1.54, 1.807) is 0 Å². The molecule has 2 rings (SSSR count). The van der Waals surface area contributed by atoms with Gasteiger partial charge in [-0.2, -0.15) is 5.10 Å². The Hall–Kier alpha value is -2.49. The van der Waals surface area contributed by atoms with E-state index in [9.17, 15) is 9.18 Å². The molecule has 1 amide bonds. The third-order valence-electron chi connectivity index (χ3n) is 3.20. The van der Waals surface area contributed by atoms with Crippen LogP contribution in [0.15, 0.2) is 47.6 Å². The molecule has 0 aliphatic heterocycles. The maximum Gasteiger partial charge on any atom is 0.271 e. The summed E-state index contributed by atoms with van der Waals surface area (Å²) in [5, 5.41) is 4.11. The molecular weight excluding hydrogens is 267 g/mol. The standard InChI is InChI=1S/C17H17FN2O/c1-11-4-9-16(12(2)10-11)13(3)19-20-17(21)14-5-7-15(18)8-6-14/h4-10H,1-3H3,(H,20,21)/b19-13-. The molecule has 108 valence electrons. The summed E-state index contributed by atoms with van der Waals surface area (Å²) in [5.74, 6) is -0.736. The molecule has 2 aromatic carbocycles. The van der Waals surface area contributed by atoms with Crippen LogP contribution in [0.4, 0.5) is 4.39 Å². The van der Waals surface area contributed by atoms with Gasteiger partial charge in [0.15, 0.2) is 0 Å². The SMILES string of the molecule is C/C(=N/NC(=O)c1ccc(F)cc1)c1ccc(C)cc1C. The monoisotopic (exact) mass is 284 g/mol. The lowest BCUT2D eigenvalue weighted by Gasteiger charge is -2.07. The molecule has 0 fully saturated rings. The molecule has 0 radical (unpaired) electrons. The van der Waals surface area contributed by atoms with Crippen LogP contribution < -0.4 is 5.43 Å². The maximum atomic E-state index is 12.8. The zero-order valence-corrected chi connectivity index (χ0v) is 12.3. The minimum Gasteiger partial charge on any atom is -0.267 e. The van der Waals surface area contributed by atoms with Crippen LogP contribution in [0.3, 0.4) is 0 Å². The van der Waals surface area contributed by atoms with Crippen LogP contribution in [0.1, 0.15) is 34.0 Å². The van der Waals surface area contributed by atoms with E-state index in [4.69, 9.17) is 0 Å². The van der Waals surface area contributed by atoms with Crippen molar-refractivity contribution in [2.24, 2.45) is 5.10 Å². The summed E-state index contributed by atoms with van der Waals surface area (Å²) in [4.78, 5) is 11.9. The van der Waals surface area contributed by atoms with Crippen LogP contribution in [-0.4, -0.2) is 11.6 Å². The highest BCUT2D eigenvalue weighted by atomic mass is 19.1. The summed E-state index contributed by atoms with van der Waals surface area (Å²) in [6.07, 6.45) is 0. The number of nitrogens with zero attached hydrogens (tertiary/aromatic N) is 1. The smallest absolute Gasteiger partial charge is 0.267 e. The van der Waals surface area contributed by atoms with E-state index in [0.29, 0.717) is 5.56 Å². The molecule has 0 unspecified atom stereocenters. The number of amides is 1. The van der Waals surface area contributed by atoms with Crippen LogP contribution in [0.2, 0.25) is 0 Å². The molecule has 0 atom stereocenters. The fraction of sp³-hybridized carbons (Fsp3) is 0.176. The molecule has 0 spiro atoms. The predicted molar refractivity (Wildman–Crippen MR) is 82.0 cm³/mol. The lowest BCUT2D eigenvalue weighted by Crippen LogP contribution is -2.19. The van der Waals surface area contributed by atoms with Crippen molar-refractivity contribution >= 4 is 11.6 Å². The van der Waals surface area contributed by atoms with Gasteiger partial charge in [-0.15, -0.1) is 0 Å². The lowest BCUT2D eigenvalue weighted by atomic mass is 10.0. The van der Waals surface area contributed by atoms with E-state index in [-0.39, 0.29) is 11.7 Å². The van der Waals surface area contributed by atoms with Gasteiger partial charge in [0.05, 0.1) is 5.71 Å². The second-order valence-electron chi connectivity index (χ2n) is 4.96. The Labute approximate surface area is 123 Å². The van der Waals surface area contributed by atoms with Crippen molar-refractivity contribution in [3.63, 3.8) is 0 Å². The molecule has 0 saturated carbocycles. The normalized spacial score (nSPS) is 11.3. The van der Waals surface area contributed by atoms with Crippen molar-refractivity contribution in [3.05, 3.63) is 70.5 Å². The topological polar surface area (TPSA) is 41.5 Å². The third-order valence-corrected chi connectivity index (χ3v) is 3.20. The molecule has 0 aromatic heterocycles. The molecule has 2 aromatic rings. The van der Waals surface area contributed by atoms with Crippen LogP contribution in [0.25, 0.3) is 0 Å². The number of carbonyl (C=O) groups is 1. The highest BCUT2D eigenvalue weighted by molar-refractivity contribution is 6.01. The number of benzene rings is 2. The summed E-state index contributed by atoms with van der Waals surface area (Å²) in [6.45, 7) is 5.87. The second kappa shape index (κ2) is 6.31. The van der Waals surface area contributed by atoms with Gasteiger partial charge in [0, 0.05) is 11.1 Å². The fourth-order valence-electron chi connectivity index (χ4n) is 2.08. The molecule has 1 N–H and O–H groups in total. The quantitative estimate of drug-likeness (QED) is 0.679. The van der Waals surface area contributed by atoms with Crippen LogP contribution in [0.5, 0.6) is 0 Å². The van der Waals surface area contributed by atoms with Gasteiger partial charge < -0.3 is 0 Å². The summed E-state index contributed by atoms with van der Waals surface area (Å²) >= 11 is 0. The summed E-state index contributed by atoms with van der Waals surface area (Å²) < 4.78 is 12.8. The molecule has 0 aliphatic rings. The average molecular weight is 284 g/mol. The fourth-order valence-corrected chi connectivity index (χ4v) is 2.08. The number of nitrogens with one attached hydrogen (secondary N) is 1. The van der Waals surface area contributed by atoms with E-state index in [1.165, 1.54) is 29.8 Å². The van der Waals surface area contributed by atoms with Gasteiger partial charge in [0.25, 0.3) is 5.91 Å². The zero-order chi connectivity index (χ0) is 15.4. The largest absolute Gasteiger partial charge is 0.271 e. The van der Waals surface area contributed by atoms with E-state index in [1.807, 2.05) is 32.9 Å². The van der Waals surface area contributed by atoms with Gasteiger partial charge in [-0.1, -0.05) is 23.8 Å². The Balaban J connectivity index is 2.12. The maximum absolute atomic E-state index is 12.8. The first-order valence-corrected chi connectivity index (χ1v) is 6.65. The number of halogens is 1. The van der Waals surface area contributed by atoms with Gasteiger partial charge in [0.1, 0.15) is 5.82 Å². The van der Waals surface area contributed by atoms with Gasteiger partial charge >= 0.3 is 0 Å². The van der Waals surface area contributed by atoms with Crippen molar-refractivity contribution in [2.45, 2.75) is 20.8 Å². The van der Waals surface area contributed by atoms with Gasteiger partial charge in [-0.05, 0) is 50.6 Å². The van der Waals surface area contributed by atoms with Crippen LogP contribution in [-0.2, 0) is 0 Å². The highest BCUT2D eigenvalue weighted by Gasteiger charge is 2.06. The Morgan fingerprint density at radius 1 is 1.10 bits per heavy atom. The number of carbonyl (C=O) groups excluding carboxylic acids is 1. The van der Waals surface area contributed by atoms with Crippen LogP contribution >= 0.6 is 0 Å². The molecule has 0 heterocycles. The minimum atomic E-state index is -0.374. The van der Waals surface area contributed by atoms with Crippen LogP contribution in [0, 0.1) is 19.7 Å². The molecular formula is C17H17FN2O. The number of rotatable bonds is 3. The Morgan fingerprint density at radius 3 is 2.38 bits per heavy atom. The zero-order valence-electron chi connectivity index (χ0n) is 12.3. The van der Waals surface area contributed by atoms with E-state index >= 15 is 0 Å². The summed E-state index contributed by atoms with van der Waals surface area (Å²) in [5.41, 5.74) is 6.85. The predicted octanol–water partition coefficient (Wildman–Crippen LogP) is 3.60. The average Bonchev–Trinajstić information content (AvgIpc) is 2.45. The number of hydrogen-bond donors (Lipinski definition) is 1. The Kier molecular flexibility index (Phi) is 4.48. The van der Waals surface area contributed by atoms with Crippen molar-refractivity contribution in [1.29, 1.82) is 0 Å². The number of hydrazone groups is 1. The molecule has 3 nitrogen and oxygen atoms in total.